The Kier molecular flexibility index (Phi) is 4.37. The molecule has 2 saturated carbocycles. The highest BCUT2D eigenvalue weighted by atomic mass is 16.5. The van der Waals surface area contributed by atoms with Crippen molar-refractivity contribution >= 4 is 11.7 Å². The molecule has 21 heavy (non-hydrogen) atoms. The van der Waals surface area contributed by atoms with Gasteiger partial charge < -0.3 is 4.74 Å². The van der Waals surface area contributed by atoms with E-state index >= 15 is 0 Å². The lowest BCUT2D eigenvalue weighted by Crippen LogP contribution is -2.35. The van der Waals surface area contributed by atoms with Crippen molar-refractivity contribution in [1.29, 1.82) is 0 Å². The van der Waals surface area contributed by atoms with Gasteiger partial charge in [-0.1, -0.05) is 13.3 Å². The number of fused-ring (bicyclic) bond motifs is 3. The number of aliphatic imine (C=N–C) groups is 1. The summed E-state index contributed by atoms with van der Waals surface area (Å²) in [5.74, 6) is 3.52. The first-order valence-electron chi connectivity index (χ1n) is 8.79. The van der Waals surface area contributed by atoms with Gasteiger partial charge in [-0.3, -0.25) is 9.79 Å². The molecule has 3 heteroatoms. The SMILES string of the molecule is CCOC(=O)C1CCC2C1CN=C(C)C1CC(C)CCC12. The summed E-state index contributed by atoms with van der Waals surface area (Å²) in [6, 6.07) is 0. The fourth-order valence-electron chi connectivity index (χ4n) is 5.20. The Bertz CT molecular complexity index is 431. The van der Waals surface area contributed by atoms with Crippen LogP contribution in [0.5, 0.6) is 0 Å². The molecule has 2 aliphatic carbocycles. The van der Waals surface area contributed by atoms with E-state index in [0.29, 0.717) is 24.4 Å². The number of carbonyl (C=O) groups excluding carboxylic acids is 1. The van der Waals surface area contributed by atoms with Gasteiger partial charge in [-0.25, -0.2) is 0 Å². The molecule has 3 nitrogen and oxygen atoms in total. The molecule has 0 amide bonds. The summed E-state index contributed by atoms with van der Waals surface area (Å²) < 4.78 is 5.31. The average Bonchev–Trinajstić information content (AvgIpc) is 2.83. The minimum atomic E-state index is 0.0282. The average molecular weight is 291 g/mol. The lowest BCUT2D eigenvalue weighted by molar-refractivity contribution is -0.149. The van der Waals surface area contributed by atoms with Crippen LogP contribution in [-0.4, -0.2) is 24.8 Å². The van der Waals surface area contributed by atoms with Crippen molar-refractivity contribution in [2.24, 2.45) is 40.5 Å². The minimum Gasteiger partial charge on any atom is -0.466 e. The number of ether oxygens (including phenoxy) is 1. The van der Waals surface area contributed by atoms with Crippen LogP contribution in [0.15, 0.2) is 4.99 Å². The number of esters is 1. The van der Waals surface area contributed by atoms with Crippen molar-refractivity contribution in [2.75, 3.05) is 13.2 Å². The van der Waals surface area contributed by atoms with Gasteiger partial charge in [0.1, 0.15) is 0 Å². The summed E-state index contributed by atoms with van der Waals surface area (Å²) in [5.41, 5.74) is 1.35. The molecular weight excluding hydrogens is 262 g/mol. The Morgan fingerprint density at radius 3 is 2.71 bits per heavy atom. The molecule has 6 unspecified atom stereocenters. The highest BCUT2D eigenvalue weighted by Gasteiger charge is 2.48. The maximum Gasteiger partial charge on any atom is 0.309 e. The maximum absolute atomic E-state index is 12.2. The number of hydrogen-bond acceptors (Lipinski definition) is 3. The zero-order valence-electron chi connectivity index (χ0n) is 13.7. The second-order valence-electron chi connectivity index (χ2n) is 7.43. The lowest BCUT2D eigenvalue weighted by atomic mass is 9.65. The number of carbonyl (C=O) groups is 1. The highest BCUT2D eigenvalue weighted by molar-refractivity contribution is 5.85. The summed E-state index contributed by atoms with van der Waals surface area (Å²) in [6.45, 7) is 7.84. The summed E-state index contributed by atoms with van der Waals surface area (Å²) >= 11 is 0. The van der Waals surface area contributed by atoms with Crippen LogP contribution in [0.1, 0.15) is 52.9 Å². The molecule has 0 aromatic heterocycles. The first kappa shape index (κ1) is 15.1. The molecule has 0 radical (unpaired) electrons. The van der Waals surface area contributed by atoms with E-state index in [1.807, 2.05) is 6.92 Å². The van der Waals surface area contributed by atoms with E-state index < -0.39 is 0 Å². The summed E-state index contributed by atoms with van der Waals surface area (Å²) in [6.07, 6.45) is 6.19. The van der Waals surface area contributed by atoms with Gasteiger partial charge in [0.25, 0.3) is 0 Å². The predicted octanol–water partition coefficient (Wildman–Crippen LogP) is 3.72. The van der Waals surface area contributed by atoms with Gasteiger partial charge in [0, 0.05) is 12.3 Å². The Labute approximate surface area is 128 Å². The van der Waals surface area contributed by atoms with E-state index in [2.05, 4.69) is 13.8 Å². The Morgan fingerprint density at radius 1 is 1.19 bits per heavy atom. The van der Waals surface area contributed by atoms with Crippen molar-refractivity contribution in [3.8, 4) is 0 Å². The largest absolute Gasteiger partial charge is 0.466 e. The molecule has 0 spiro atoms. The van der Waals surface area contributed by atoms with Gasteiger partial charge in [-0.2, -0.15) is 0 Å². The Hall–Kier alpha value is -0.860. The summed E-state index contributed by atoms with van der Waals surface area (Å²) in [7, 11) is 0. The molecule has 1 aliphatic heterocycles. The van der Waals surface area contributed by atoms with E-state index in [1.165, 1.54) is 31.4 Å². The monoisotopic (exact) mass is 291 g/mol. The van der Waals surface area contributed by atoms with E-state index in [9.17, 15) is 4.79 Å². The molecule has 1 heterocycles. The molecular formula is C18H29NO2. The second-order valence-corrected chi connectivity index (χ2v) is 7.43. The molecule has 2 fully saturated rings. The van der Waals surface area contributed by atoms with Crippen LogP contribution in [0.3, 0.4) is 0 Å². The predicted molar refractivity (Wildman–Crippen MR) is 84.3 cm³/mol. The molecule has 0 N–H and O–H groups in total. The first-order valence-corrected chi connectivity index (χ1v) is 8.79. The van der Waals surface area contributed by atoms with Crippen molar-refractivity contribution in [3.63, 3.8) is 0 Å². The molecule has 0 bridgehead atoms. The first-order chi connectivity index (χ1) is 10.1. The van der Waals surface area contributed by atoms with Crippen LogP contribution >= 0.6 is 0 Å². The number of nitrogens with zero attached hydrogens (tertiary/aromatic N) is 1. The van der Waals surface area contributed by atoms with Crippen LogP contribution < -0.4 is 0 Å². The van der Waals surface area contributed by atoms with Crippen molar-refractivity contribution in [1.82, 2.24) is 0 Å². The normalized spacial score (nSPS) is 42.5. The van der Waals surface area contributed by atoms with E-state index in [1.54, 1.807) is 0 Å². The zero-order valence-corrected chi connectivity index (χ0v) is 13.7. The fourth-order valence-corrected chi connectivity index (χ4v) is 5.20. The third kappa shape index (κ3) is 2.76. The van der Waals surface area contributed by atoms with Crippen LogP contribution in [0, 0.1) is 35.5 Å². The van der Waals surface area contributed by atoms with Crippen LogP contribution in [-0.2, 0) is 9.53 Å². The van der Waals surface area contributed by atoms with Gasteiger partial charge in [-0.05, 0) is 69.1 Å². The van der Waals surface area contributed by atoms with Crippen LogP contribution in [0.4, 0.5) is 0 Å². The maximum atomic E-state index is 12.2. The molecule has 0 saturated heterocycles. The standard InChI is InChI=1S/C18H29NO2/c1-4-21-18(20)15-8-7-14-13-6-5-11(2)9-16(13)12(3)19-10-17(14)15/h11,13-17H,4-10H2,1-3H3. The van der Waals surface area contributed by atoms with Gasteiger partial charge in [-0.15, -0.1) is 0 Å². The van der Waals surface area contributed by atoms with Gasteiger partial charge in [0.15, 0.2) is 0 Å². The van der Waals surface area contributed by atoms with E-state index in [-0.39, 0.29) is 11.9 Å². The van der Waals surface area contributed by atoms with Gasteiger partial charge in [0.2, 0.25) is 0 Å². The summed E-state index contributed by atoms with van der Waals surface area (Å²) in [4.78, 5) is 17.1. The second kappa shape index (κ2) is 6.10. The molecule has 0 aromatic carbocycles. The third-order valence-corrected chi connectivity index (χ3v) is 6.27. The molecule has 118 valence electrons. The number of hydrogen-bond donors (Lipinski definition) is 0. The van der Waals surface area contributed by atoms with Crippen LogP contribution in [0.2, 0.25) is 0 Å². The van der Waals surface area contributed by atoms with Crippen LogP contribution in [0.25, 0.3) is 0 Å². The molecule has 3 rings (SSSR count). The zero-order chi connectivity index (χ0) is 15.0. The molecule has 3 aliphatic rings. The minimum absolute atomic E-state index is 0.0282. The smallest absolute Gasteiger partial charge is 0.309 e. The van der Waals surface area contributed by atoms with Crippen molar-refractivity contribution < 1.29 is 9.53 Å². The Balaban J connectivity index is 1.81. The quantitative estimate of drug-likeness (QED) is 0.727. The van der Waals surface area contributed by atoms with Gasteiger partial charge >= 0.3 is 5.97 Å². The van der Waals surface area contributed by atoms with Gasteiger partial charge in [0.05, 0.1) is 12.5 Å². The van der Waals surface area contributed by atoms with Crippen molar-refractivity contribution in [3.05, 3.63) is 0 Å². The topological polar surface area (TPSA) is 38.7 Å². The number of rotatable bonds is 2. The van der Waals surface area contributed by atoms with E-state index in [0.717, 1.165) is 24.8 Å². The van der Waals surface area contributed by atoms with E-state index in [4.69, 9.17) is 9.73 Å². The fraction of sp³-hybridized carbons (Fsp3) is 0.889. The molecule has 6 atom stereocenters. The molecule has 0 aromatic rings. The highest BCUT2D eigenvalue weighted by Crippen LogP contribution is 2.51. The Morgan fingerprint density at radius 2 is 1.95 bits per heavy atom. The summed E-state index contributed by atoms with van der Waals surface area (Å²) in [5, 5.41) is 0. The lowest BCUT2D eigenvalue weighted by Gasteiger charge is -2.38. The third-order valence-electron chi connectivity index (χ3n) is 6.27. The van der Waals surface area contributed by atoms with Crippen molar-refractivity contribution in [2.45, 2.75) is 52.9 Å².